The first kappa shape index (κ1) is 15.3. The number of likely N-dealkylation sites (tertiary alicyclic amines) is 2. The Morgan fingerprint density at radius 3 is 2.77 bits per heavy atom. The molecule has 0 bridgehead atoms. The van der Waals surface area contributed by atoms with E-state index in [-0.39, 0.29) is 11.8 Å². The first-order valence-electron chi connectivity index (χ1n) is 8.15. The van der Waals surface area contributed by atoms with Crippen LogP contribution in [0.1, 0.15) is 24.8 Å². The number of hydrogen-bond donors (Lipinski definition) is 1. The quantitative estimate of drug-likeness (QED) is 0.931. The molecule has 4 nitrogen and oxygen atoms in total. The first-order chi connectivity index (χ1) is 10.6. The van der Waals surface area contributed by atoms with Crippen molar-refractivity contribution in [3.05, 3.63) is 29.6 Å². The van der Waals surface area contributed by atoms with Crippen molar-refractivity contribution in [3.8, 4) is 0 Å². The summed E-state index contributed by atoms with van der Waals surface area (Å²) >= 11 is 0. The number of anilines is 1. The number of hydrogen-bond acceptors (Lipinski definition) is 2. The third-order valence-electron chi connectivity index (χ3n) is 4.58. The largest absolute Gasteiger partial charge is 0.324 e. The van der Waals surface area contributed by atoms with Crippen molar-refractivity contribution >= 4 is 11.7 Å². The van der Waals surface area contributed by atoms with Crippen LogP contribution in [0.25, 0.3) is 0 Å². The minimum atomic E-state index is -0.316. The van der Waals surface area contributed by atoms with Crippen molar-refractivity contribution in [2.24, 2.45) is 5.92 Å². The molecule has 1 N–H and O–H groups in total. The summed E-state index contributed by atoms with van der Waals surface area (Å²) in [4.78, 5) is 16.6. The number of amides is 2. The molecule has 0 unspecified atom stereocenters. The van der Waals surface area contributed by atoms with Crippen LogP contribution in [0.3, 0.4) is 0 Å². The first-order valence-corrected chi connectivity index (χ1v) is 8.15. The van der Waals surface area contributed by atoms with Crippen LogP contribution in [0.5, 0.6) is 0 Å². The second kappa shape index (κ2) is 6.65. The molecular formula is C17H24FN3O. The third kappa shape index (κ3) is 3.77. The predicted octanol–water partition coefficient (Wildman–Crippen LogP) is 3.08. The molecule has 3 rings (SSSR count). The molecule has 2 fully saturated rings. The summed E-state index contributed by atoms with van der Waals surface area (Å²) in [6, 6.07) is 4.49. The Morgan fingerprint density at radius 2 is 2.05 bits per heavy atom. The molecule has 2 aliphatic rings. The molecule has 120 valence electrons. The zero-order valence-corrected chi connectivity index (χ0v) is 13.1. The Balaban J connectivity index is 1.52. The second-order valence-electron chi connectivity index (χ2n) is 6.56. The van der Waals surface area contributed by atoms with Crippen LogP contribution >= 0.6 is 0 Å². The van der Waals surface area contributed by atoms with Gasteiger partial charge in [-0.1, -0.05) is 0 Å². The summed E-state index contributed by atoms with van der Waals surface area (Å²) in [6.07, 6.45) is 3.66. The zero-order valence-electron chi connectivity index (χ0n) is 13.1. The Hall–Kier alpha value is -1.62. The van der Waals surface area contributed by atoms with Gasteiger partial charge in [0.25, 0.3) is 0 Å². The van der Waals surface area contributed by atoms with Crippen LogP contribution in [0.2, 0.25) is 0 Å². The molecule has 0 aromatic heterocycles. The molecular weight excluding hydrogens is 281 g/mol. The van der Waals surface area contributed by atoms with Gasteiger partial charge in [0.1, 0.15) is 5.82 Å². The molecule has 1 aromatic rings. The zero-order chi connectivity index (χ0) is 15.5. The predicted molar refractivity (Wildman–Crippen MR) is 85.5 cm³/mol. The van der Waals surface area contributed by atoms with Crippen molar-refractivity contribution in [1.29, 1.82) is 0 Å². The molecule has 0 saturated carbocycles. The highest BCUT2D eigenvalue weighted by atomic mass is 19.1. The second-order valence-corrected chi connectivity index (χ2v) is 6.56. The van der Waals surface area contributed by atoms with Crippen molar-refractivity contribution in [1.82, 2.24) is 9.80 Å². The summed E-state index contributed by atoms with van der Waals surface area (Å²) in [7, 11) is 0. The van der Waals surface area contributed by atoms with E-state index in [0.29, 0.717) is 11.6 Å². The van der Waals surface area contributed by atoms with Gasteiger partial charge in [-0.25, -0.2) is 9.18 Å². The van der Waals surface area contributed by atoms with Crippen LogP contribution < -0.4 is 5.32 Å². The van der Waals surface area contributed by atoms with Gasteiger partial charge in [-0.2, -0.15) is 0 Å². The van der Waals surface area contributed by atoms with Gasteiger partial charge in [0.05, 0.1) is 0 Å². The van der Waals surface area contributed by atoms with Crippen LogP contribution in [-0.2, 0) is 0 Å². The average molecular weight is 305 g/mol. The molecule has 2 saturated heterocycles. The van der Waals surface area contributed by atoms with Gasteiger partial charge in [0.15, 0.2) is 0 Å². The van der Waals surface area contributed by atoms with E-state index in [2.05, 4.69) is 10.2 Å². The molecule has 2 aliphatic heterocycles. The Bertz CT molecular complexity index is 522. The van der Waals surface area contributed by atoms with Crippen molar-refractivity contribution < 1.29 is 9.18 Å². The molecule has 0 spiro atoms. The molecule has 0 radical (unpaired) electrons. The number of nitrogens with one attached hydrogen (secondary N) is 1. The molecule has 22 heavy (non-hydrogen) atoms. The fourth-order valence-corrected chi connectivity index (χ4v) is 3.51. The molecule has 1 atom stereocenters. The fourth-order valence-electron chi connectivity index (χ4n) is 3.51. The van der Waals surface area contributed by atoms with E-state index < -0.39 is 0 Å². The van der Waals surface area contributed by atoms with E-state index in [1.54, 1.807) is 6.07 Å². The minimum Gasteiger partial charge on any atom is -0.324 e. The Morgan fingerprint density at radius 1 is 1.27 bits per heavy atom. The van der Waals surface area contributed by atoms with Crippen LogP contribution in [0, 0.1) is 18.7 Å². The maximum absolute atomic E-state index is 13.4. The van der Waals surface area contributed by atoms with E-state index in [1.807, 2.05) is 11.8 Å². The van der Waals surface area contributed by atoms with Gasteiger partial charge in [-0.15, -0.1) is 0 Å². The Labute approximate surface area is 131 Å². The highest BCUT2D eigenvalue weighted by Gasteiger charge is 2.28. The average Bonchev–Trinajstić information content (AvgIpc) is 3.09. The van der Waals surface area contributed by atoms with Gasteiger partial charge in [0, 0.05) is 25.3 Å². The van der Waals surface area contributed by atoms with Crippen LogP contribution in [-0.4, -0.2) is 48.6 Å². The summed E-state index contributed by atoms with van der Waals surface area (Å²) < 4.78 is 13.4. The standard InChI is InChI=1S/C17H24FN3O/c1-13-8-15(18)10-16(9-13)19-17(22)21-7-4-14(12-21)11-20-5-2-3-6-20/h8-10,14H,2-7,11-12H2,1H3,(H,19,22)/t14-/m0/s1. The lowest BCUT2D eigenvalue weighted by Crippen LogP contribution is -2.34. The van der Waals surface area contributed by atoms with E-state index >= 15 is 0 Å². The van der Waals surface area contributed by atoms with Gasteiger partial charge in [-0.05, 0) is 69.0 Å². The number of aryl methyl sites for hydroxylation is 1. The molecule has 2 heterocycles. The number of rotatable bonds is 3. The van der Waals surface area contributed by atoms with Crippen LogP contribution in [0.4, 0.5) is 14.9 Å². The lowest BCUT2D eigenvalue weighted by molar-refractivity contribution is 0.217. The molecule has 1 aromatic carbocycles. The minimum absolute atomic E-state index is 0.117. The Kier molecular flexibility index (Phi) is 4.62. The third-order valence-corrected chi connectivity index (χ3v) is 4.58. The van der Waals surface area contributed by atoms with Crippen molar-refractivity contribution in [3.63, 3.8) is 0 Å². The van der Waals surface area contributed by atoms with Gasteiger partial charge in [0.2, 0.25) is 0 Å². The highest BCUT2D eigenvalue weighted by molar-refractivity contribution is 5.89. The van der Waals surface area contributed by atoms with Crippen molar-refractivity contribution in [2.75, 3.05) is 38.0 Å². The summed E-state index contributed by atoms with van der Waals surface area (Å²) in [5.41, 5.74) is 1.34. The van der Waals surface area contributed by atoms with E-state index in [4.69, 9.17) is 0 Å². The normalized spacial score (nSPS) is 22.3. The number of carbonyl (C=O) groups excluding carboxylic acids is 1. The maximum atomic E-state index is 13.4. The lowest BCUT2D eigenvalue weighted by atomic mass is 10.1. The number of urea groups is 1. The monoisotopic (exact) mass is 305 g/mol. The summed E-state index contributed by atoms with van der Waals surface area (Å²) in [5.74, 6) is 0.252. The molecule has 0 aliphatic carbocycles. The van der Waals surface area contributed by atoms with E-state index in [0.717, 1.165) is 31.6 Å². The summed E-state index contributed by atoms with van der Waals surface area (Å²) in [6.45, 7) is 6.91. The van der Waals surface area contributed by atoms with Gasteiger partial charge >= 0.3 is 6.03 Å². The number of carbonyl (C=O) groups is 1. The van der Waals surface area contributed by atoms with Gasteiger partial charge in [-0.3, -0.25) is 0 Å². The highest BCUT2D eigenvalue weighted by Crippen LogP contribution is 2.21. The van der Waals surface area contributed by atoms with Crippen LogP contribution in [0.15, 0.2) is 18.2 Å². The molecule has 5 heteroatoms. The lowest BCUT2D eigenvalue weighted by Gasteiger charge is -2.21. The fraction of sp³-hybridized carbons (Fsp3) is 0.588. The SMILES string of the molecule is Cc1cc(F)cc(NC(=O)N2CC[C@@H](CN3CCCC3)C2)c1. The smallest absolute Gasteiger partial charge is 0.321 e. The maximum Gasteiger partial charge on any atom is 0.321 e. The summed E-state index contributed by atoms with van der Waals surface area (Å²) in [5, 5.41) is 2.81. The van der Waals surface area contributed by atoms with Gasteiger partial charge < -0.3 is 15.1 Å². The molecule has 2 amide bonds. The van der Waals surface area contributed by atoms with E-state index in [9.17, 15) is 9.18 Å². The van der Waals surface area contributed by atoms with Crippen molar-refractivity contribution in [2.45, 2.75) is 26.2 Å². The topological polar surface area (TPSA) is 35.6 Å². The van der Waals surface area contributed by atoms with E-state index in [1.165, 1.54) is 38.1 Å². The number of benzene rings is 1. The number of nitrogens with zero attached hydrogens (tertiary/aromatic N) is 2. The number of halogens is 1.